The zero-order valence-electron chi connectivity index (χ0n) is 14.7. The fourth-order valence-electron chi connectivity index (χ4n) is 2.42. The van der Waals surface area contributed by atoms with Crippen molar-refractivity contribution in [2.75, 3.05) is 6.54 Å². The normalized spacial score (nSPS) is 12.0. The highest BCUT2D eigenvalue weighted by atomic mass is 32.2. The largest absolute Gasteiger partial charge is 0.416 e. The van der Waals surface area contributed by atoms with E-state index in [9.17, 15) is 26.4 Å². The Morgan fingerprint density at radius 2 is 1.81 bits per heavy atom. The fourth-order valence-corrected chi connectivity index (χ4v) is 3.49. The number of sulfonamides is 1. The van der Waals surface area contributed by atoms with Gasteiger partial charge >= 0.3 is 6.18 Å². The molecule has 0 unspecified atom stereocenters. The minimum atomic E-state index is -4.47. The number of amides is 1. The van der Waals surface area contributed by atoms with Gasteiger partial charge in [-0.15, -0.1) is 0 Å². The van der Waals surface area contributed by atoms with E-state index in [-0.39, 0.29) is 29.1 Å². The van der Waals surface area contributed by atoms with E-state index in [4.69, 9.17) is 0 Å². The van der Waals surface area contributed by atoms with Crippen molar-refractivity contribution in [3.05, 3.63) is 64.7 Å². The predicted octanol–water partition coefficient (Wildman–Crippen LogP) is 3.24. The van der Waals surface area contributed by atoms with Crippen molar-refractivity contribution in [2.45, 2.75) is 31.5 Å². The molecule has 0 saturated heterocycles. The summed E-state index contributed by atoms with van der Waals surface area (Å²) < 4.78 is 64.8. The van der Waals surface area contributed by atoms with Crippen molar-refractivity contribution in [1.29, 1.82) is 0 Å². The van der Waals surface area contributed by atoms with Gasteiger partial charge in [0.1, 0.15) is 0 Å². The summed E-state index contributed by atoms with van der Waals surface area (Å²) in [6, 6.07) is 8.77. The Hall–Kier alpha value is -2.39. The summed E-state index contributed by atoms with van der Waals surface area (Å²) in [5.74, 6) is -0.571. The maximum atomic E-state index is 12.8. The van der Waals surface area contributed by atoms with Crippen LogP contribution < -0.4 is 10.0 Å². The Labute approximate surface area is 155 Å². The van der Waals surface area contributed by atoms with E-state index in [1.807, 2.05) is 0 Å². The summed E-state index contributed by atoms with van der Waals surface area (Å²) in [6.07, 6.45) is -4.47. The molecule has 2 aromatic rings. The van der Waals surface area contributed by atoms with Crippen LogP contribution in [0.3, 0.4) is 0 Å². The lowest BCUT2D eigenvalue weighted by molar-refractivity contribution is -0.137. The highest BCUT2D eigenvalue weighted by Gasteiger charge is 2.30. The second kappa shape index (κ2) is 8.10. The minimum Gasteiger partial charge on any atom is -0.348 e. The van der Waals surface area contributed by atoms with Gasteiger partial charge < -0.3 is 5.32 Å². The van der Waals surface area contributed by atoms with Crippen molar-refractivity contribution >= 4 is 15.9 Å². The number of alkyl halides is 3. The summed E-state index contributed by atoms with van der Waals surface area (Å²) in [5, 5.41) is 2.52. The molecule has 0 saturated carbocycles. The third-order valence-electron chi connectivity index (χ3n) is 3.81. The van der Waals surface area contributed by atoms with Gasteiger partial charge in [0, 0.05) is 18.7 Å². The van der Waals surface area contributed by atoms with Gasteiger partial charge in [-0.3, -0.25) is 4.79 Å². The summed E-state index contributed by atoms with van der Waals surface area (Å²) >= 11 is 0. The molecular weight excluding hydrogens is 381 g/mol. The molecule has 0 aliphatic rings. The van der Waals surface area contributed by atoms with E-state index in [2.05, 4.69) is 10.0 Å². The molecule has 2 N–H and O–H groups in total. The summed E-state index contributed by atoms with van der Waals surface area (Å²) in [7, 11) is -3.73. The van der Waals surface area contributed by atoms with Gasteiger partial charge in [0.2, 0.25) is 10.0 Å². The Kier molecular flexibility index (Phi) is 6.27. The highest BCUT2D eigenvalue weighted by molar-refractivity contribution is 7.89. The molecule has 0 aliphatic heterocycles. The maximum Gasteiger partial charge on any atom is 0.416 e. The van der Waals surface area contributed by atoms with E-state index in [0.29, 0.717) is 5.56 Å². The molecule has 0 heterocycles. The summed E-state index contributed by atoms with van der Waals surface area (Å²) in [6.45, 7) is 3.36. The van der Waals surface area contributed by atoms with Gasteiger partial charge in [-0.2, -0.15) is 13.2 Å². The number of hydrogen-bond donors (Lipinski definition) is 2. The molecule has 0 spiro atoms. The Morgan fingerprint density at radius 1 is 1.11 bits per heavy atom. The molecule has 0 aromatic heterocycles. The Morgan fingerprint density at radius 3 is 2.44 bits per heavy atom. The van der Waals surface area contributed by atoms with E-state index >= 15 is 0 Å². The number of hydrogen-bond acceptors (Lipinski definition) is 3. The lowest BCUT2D eigenvalue weighted by Crippen LogP contribution is -2.26. The number of rotatable bonds is 6. The zero-order chi connectivity index (χ0) is 20.2. The van der Waals surface area contributed by atoms with E-state index in [0.717, 1.165) is 12.1 Å². The molecule has 9 heteroatoms. The van der Waals surface area contributed by atoms with E-state index in [1.54, 1.807) is 13.8 Å². The third kappa shape index (κ3) is 5.30. The van der Waals surface area contributed by atoms with Crippen LogP contribution in [-0.2, 0) is 22.7 Å². The molecule has 0 aliphatic carbocycles. The van der Waals surface area contributed by atoms with Gasteiger partial charge in [-0.25, -0.2) is 13.1 Å². The van der Waals surface area contributed by atoms with Crippen molar-refractivity contribution in [3.63, 3.8) is 0 Å². The smallest absolute Gasteiger partial charge is 0.348 e. The average Bonchev–Trinajstić information content (AvgIpc) is 2.59. The third-order valence-corrected chi connectivity index (χ3v) is 5.35. The molecule has 2 rings (SSSR count). The average molecular weight is 400 g/mol. The van der Waals surface area contributed by atoms with Crippen molar-refractivity contribution in [1.82, 2.24) is 10.0 Å². The van der Waals surface area contributed by atoms with Crippen LogP contribution in [0.15, 0.2) is 47.4 Å². The summed E-state index contributed by atoms with van der Waals surface area (Å²) in [5.41, 5.74) is 0.171. The maximum absolute atomic E-state index is 12.8. The van der Waals surface area contributed by atoms with Gasteiger partial charge in [0.15, 0.2) is 0 Å². The molecule has 146 valence electrons. The van der Waals surface area contributed by atoms with Crippen molar-refractivity contribution < 1.29 is 26.4 Å². The molecule has 0 radical (unpaired) electrons. The van der Waals surface area contributed by atoms with Crippen LogP contribution in [0.2, 0.25) is 0 Å². The number of carbonyl (C=O) groups excluding carboxylic acids is 1. The van der Waals surface area contributed by atoms with Gasteiger partial charge in [0.05, 0.1) is 10.5 Å². The molecule has 5 nitrogen and oxygen atoms in total. The lowest BCUT2D eigenvalue weighted by atomic mass is 10.1. The molecule has 0 atom stereocenters. The van der Waals surface area contributed by atoms with Crippen LogP contribution in [-0.4, -0.2) is 20.9 Å². The molecular formula is C18H19F3N2O3S. The van der Waals surface area contributed by atoms with Gasteiger partial charge in [0.25, 0.3) is 5.91 Å². The van der Waals surface area contributed by atoms with Crippen LogP contribution in [0.1, 0.15) is 34.0 Å². The van der Waals surface area contributed by atoms with Crippen LogP contribution in [0.25, 0.3) is 0 Å². The van der Waals surface area contributed by atoms with Crippen molar-refractivity contribution in [2.24, 2.45) is 0 Å². The molecule has 2 aromatic carbocycles. The Balaban J connectivity index is 2.19. The van der Waals surface area contributed by atoms with E-state index in [1.165, 1.54) is 30.3 Å². The van der Waals surface area contributed by atoms with Crippen LogP contribution in [0, 0.1) is 6.92 Å². The quantitative estimate of drug-likeness (QED) is 0.782. The molecule has 0 bridgehead atoms. The van der Waals surface area contributed by atoms with Crippen LogP contribution in [0.4, 0.5) is 13.2 Å². The number of nitrogens with one attached hydrogen (secondary N) is 2. The summed E-state index contributed by atoms with van der Waals surface area (Å²) in [4.78, 5) is 12.4. The molecule has 0 fully saturated rings. The first kappa shape index (κ1) is 20.9. The Bertz CT molecular complexity index is 941. The number of carbonyl (C=O) groups is 1. The highest BCUT2D eigenvalue weighted by Crippen LogP contribution is 2.29. The number of aryl methyl sites for hydroxylation is 1. The fraction of sp³-hybridized carbons (Fsp3) is 0.278. The van der Waals surface area contributed by atoms with Gasteiger partial charge in [-0.05, 0) is 42.3 Å². The molecule has 27 heavy (non-hydrogen) atoms. The minimum absolute atomic E-state index is 0.0563. The first-order chi connectivity index (χ1) is 12.5. The SMILES string of the molecule is CCNS(=O)(=O)c1ccc(C)c(C(=O)NCc2cccc(C(F)(F)F)c2)c1. The monoisotopic (exact) mass is 400 g/mol. The lowest BCUT2D eigenvalue weighted by Gasteiger charge is -2.12. The number of benzene rings is 2. The second-order valence-corrected chi connectivity index (χ2v) is 7.63. The van der Waals surface area contributed by atoms with Crippen LogP contribution in [0.5, 0.6) is 0 Å². The topological polar surface area (TPSA) is 75.3 Å². The zero-order valence-corrected chi connectivity index (χ0v) is 15.5. The first-order valence-electron chi connectivity index (χ1n) is 8.09. The first-order valence-corrected chi connectivity index (χ1v) is 9.57. The van der Waals surface area contributed by atoms with Crippen LogP contribution >= 0.6 is 0 Å². The van der Waals surface area contributed by atoms with Crippen molar-refractivity contribution in [3.8, 4) is 0 Å². The van der Waals surface area contributed by atoms with E-state index < -0.39 is 27.7 Å². The number of halogens is 3. The standard InChI is InChI=1S/C18H19F3N2O3S/c1-3-23-27(25,26)15-8-7-12(2)16(10-15)17(24)22-11-13-5-4-6-14(9-13)18(19,20)21/h4-10,23H,3,11H2,1-2H3,(H,22,24). The molecule has 1 amide bonds. The predicted molar refractivity (Wildman–Crippen MR) is 94.7 cm³/mol. The second-order valence-electron chi connectivity index (χ2n) is 5.86. The van der Waals surface area contributed by atoms with Gasteiger partial charge in [-0.1, -0.05) is 25.1 Å².